The number of hydrogen-bond donors (Lipinski definition) is 8. The fourth-order valence-corrected chi connectivity index (χ4v) is 10.6. The minimum Gasteiger partial charge on any atom is -0.494 e. The summed E-state index contributed by atoms with van der Waals surface area (Å²) >= 11 is 0. The molecule has 0 saturated carbocycles. The summed E-state index contributed by atoms with van der Waals surface area (Å²) < 4.78 is 36.0. The van der Waals surface area contributed by atoms with E-state index in [4.69, 9.17) is 28.4 Å². The molecule has 0 radical (unpaired) electrons. The molecule has 0 aromatic heterocycles. The number of carbonyl (C=O) groups is 8. The fourth-order valence-electron chi connectivity index (χ4n) is 10.6. The lowest BCUT2D eigenvalue weighted by Crippen LogP contribution is -2.42. The predicted octanol–water partition coefficient (Wildman–Crippen LogP) is 14.4. The second kappa shape index (κ2) is 46.2. The number of benzene rings is 6. The summed E-state index contributed by atoms with van der Waals surface area (Å²) in [5, 5.41) is 0. The lowest BCUT2D eigenvalue weighted by molar-refractivity contribution is 0.0838. The molecule has 22 nitrogen and oxygen atoms in total. The van der Waals surface area contributed by atoms with E-state index < -0.39 is 47.3 Å². The van der Waals surface area contributed by atoms with Crippen LogP contribution in [0.4, 0.5) is 0 Å². The minimum atomic E-state index is -0.778. The Bertz CT molecular complexity index is 3320. The van der Waals surface area contributed by atoms with Crippen molar-refractivity contribution < 1.29 is 66.8 Å². The number of unbranched alkanes of at least 4 members (excludes halogenated alkanes) is 20. The molecular weight excluding hydrogens is 1270 g/mol. The third-order valence-electron chi connectivity index (χ3n) is 16.2. The molecular formula is C78H102N8O14. The molecule has 0 bridgehead atoms. The molecule has 0 fully saturated rings. The Balaban J connectivity index is 1.03. The van der Waals surface area contributed by atoms with Gasteiger partial charge >= 0.3 is 0 Å². The monoisotopic (exact) mass is 1370 g/mol. The maximum atomic E-state index is 13.8. The summed E-state index contributed by atoms with van der Waals surface area (Å²) in [6, 6.07) is 34.6. The van der Waals surface area contributed by atoms with Crippen LogP contribution in [0.15, 0.2) is 133 Å². The summed E-state index contributed by atoms with van der Waals surface area (Å²) in [6.45, 7) is 9.93. The van der Waals surface area contributed by atoms with Gasteiger partial charge in [-0.3, -0.25) is 81.8 Å². The van der Waals surface area contributed by atoms with E-state index in [9.17, 15) is 38.4 Å². The van der Waals surface area contributed by atoms with Crippen molar-refractivity contribution in [3.05, 3.63) is 178 Å². The molecule has 0 heterocycles. The molecule has 6 aromatic carbocycles. The Hall–Kier alpha value is -10.1. The Kier molecular flexibility index (Phi) is 36.4. The number of hydrazine groups is 4. The van der Waals surface area contributed by atoms with Gasteiger partial charge in [0.2, 0.25) is 0 Å². The SMILES string of the molecule is CCCCCCCCOc1cc(C(=O)NNC(=O)c2ccccc2OCCCCCCCC)cc(C(=O)NNC(=O)c2ccccc2OCCOc2ccccc2C(=O)NNC(=O)c2cc(OCCCCCCCC)cc(C(=O)NNC(=O)c3ccccc3OCCCCCCCC)c2)c1. The quantitative estimate of drug-likeness (QED) is 0.0130. The van der Waals surface area contributed by atoms with Crippen molar-refractivity contribution in [1.82, 2.24) is 43.4 Å². The molecule has 0 spiro atoms. The van der Waals surface area contributed by atoms with E-state index in [0.717, 1.165) is 128 Å². The van der Waals surface area contributed by atoms with E-state index in [1.807, 2.05) is 0 Å². The van der Waals surface area contributed by atoms with E-state index in [0.29, 0.717) is 37.9 Å². The zero-order valence-electron chi connectivity index (χ0n) is 58.6. The zero-order valence-corrected chi connectivity index (χ0v) is 58.6. The second-order valence-corrected chi connectivity index (χ2v) is 24.3. The number of para-hydroxylation sites is 4. The first-order chi connectivity index (χ1) is 48.8. The highest BCUT2D eigenvalue weighted by molar-refractivity contribution is 6.06. The van der Waals surface area contributed by atoms with Gasteiger partial charge in [-0.25, -0.2) is 0 Å². The Morgan fingerprint density at radius 2 is 0.430 bits per heavy atom. The standard InChI is InChI=1S/C78H102N8O14/c1-5-9-13-17-21-33-45-95-61-53-57(71(87)79-83-75(91)63-37-25-29-41-67(63)97-47-35-23-19-15-11-7-3)51-59(55-61)73(89)81-85-77(93)65-39-27-31-43-69(65)99-49-50-100-70-44-32-28-40-66(70)78(94)86-82-74(90)60-52-58(54-62(56-60)96-46-34-22-18-14-10-6-2)72(88)80-84-76(92)64-38-26-30-42-68(64)98-48-36-24-20-16-12-8-4/h25-32,37-44,51-56H,5-24,33-36,45-50H2,1-4H3,(H,79,87)(H,80,88)(H,81,89)(H,82,90)(H,83,91)(H,84,92)(H,85,93)(H,86,94). The van der Waals surface area contributed by atoms with Crippen molar-refractivity contribution in [1.29, 1.82) is 0 Å². The molecule has 0 saturated heterocycles. The number of rotatable bonds is 45. The Labute approximate surface area is 588 Å². The van der Waals surface area contributed by atoms with Gasteiger partial charge in [0.15, 0.2) is 0 Å². The molecule has 22 heteroatoms. The van der Waals surface area contributed by atoms with Gasteiger partial charge in [-0.15, -0.1) is 0 Å². The van der Waals surface area contributed by atoms with Crippen LogP contribution in [0.2, 0.25) is 0 Å². The molecule has 0 atom stereocenters. The fraction of sp³-hybridized carbons (Fsp3) is 0.436. The molecule has 0 aliphatic rings. The minimum absolute atomic E-state index is 0.00562. The van der Waals surface area contributed by atoms with Gasteiger partial charge < -0.3 is 28.4 Å². The number of amides is 8. The van der Waals surface area contributed by atoms with Gasteiger partial charge in [0.05, 0.1) is 48.7 Å². The van der Waals surface area contributed by atoms with Crippen LogP contribution in [-0.2, 0) is 0 Å². The first-order valence-electron chi connectivity index (χ1n) is 35.7. The molecule has 100 heavy (non-hydrogen) atoms. The van der Waals surface area contributed by atoms with Crippen LogP contribution in [0, 0.1) is 0 Å². The molecule has 8 N–H and O–H groups in total. The van der Waals surface area contributed by atoms with Gasteiger partial charge in [0, 0.05) is 22.3 Å². The summed E-state index contributed by atoms with van der Waals surface area (Å²) in [7, 11) is 0. The van der Waals surface area contributed by atoms with Crippen molar-refractivity contribution in [2.45, 2.75) is 182 Å². The zero-order chi connectivity index (χ0) is 71.4. The molecule has 0 aliphatic carbocycles. The van der Waals surface area contributed by atoms with E-state index in [2.05, 4.69) is 71.1 Å². The van der Waals surface area contributed by atoms with Gasteiger partial charge in [0.1, 0.15) is 47.7 Å². The van der Waals surface area contributed by atoms with E-state index in [1.165, 1.54) is 74.2 Å². The van der Waals surface area contributed by atoms with Crippen molar-refractivity contribution in [3.8, 4) is 34.5 Å². The average molecular weight is 1380 g/mol. The van der Waals surface area contributed by atoms with Crippen molar-refractivity contribution >= 4 is 47.3 Å². The first kappa shape index (κ1) is 78.9. The van der Waals surface area contributed by atoms with Crippen molar-refractivity contribution in [2.24, 2.45) is 0 Å². The maximum absolute atomic E-state index is 13.8. The molecule has 0 unspecified atom stereocenters. The number of hydrogen-bond acceptors (Lipinski definition) is 14. The van der Waals surface area contributed by atoms with Crippen molar-refractivity contribution in [3.63, 3.8) is 0 Å². The van der Waals surface area contributed by atoms with Crippen molar-refractivity contribution in [2.75, 3.05) is 39.6 Å². The van der Waals surface area contributed by atoms with Crippen LogP contribution in [0.1, 0.15) is 265 Å². The highest BCUT2D eigenvalue weighted by atomic mass is 16.5. The lowest BCUT2D eigenvalue weighted by atomic mass is 10.1. The highest BCUT2D eigenvalue weighted by Crippen LogP contribution is 2.25. The van der Waals surface area contributed by atoms with Gasteiger partial charge in [-0.1, -0.05) is 205 Å². The third kappa shape index (κ3) is 28.4. The average Bonchev–Trinajstić information content (AvgIpc) is 0.857. The molecule has 538 valence electrons. The number of carbonyl (C=O) groups excluding carboxylic acids is 8. The molecule has 0 aliphatic heterocycles. The van der Waals surface area contributed by atoms with E-state index in [-0.39, 0.29) is 80.7 Å². The third-order valence-corrected chi connectivity index (χ3v) is 16.2. The van der Waals surface area contributed by atoms with E-state index >= 15 is 0 Å². The first-order valence-corrected chi connectivity index (χ1v) is 35.7. The van der Waals surface area contributed by atoms with Gasteiger partial charge in [0.25, 0.3) is 47.3 Å². The number of nitrogens with one attached hydrogen (secondary N) is 8. The second-order valence-electron chi connectivity index (χ2n) is 24.3. The highest BCUT2D eigenvalue weighted by Gasteiger charge is 2.22. The van der Waals surface area contributed by atoms with E-state index in [1.54, 1.807) is 84.9 Å². The number of ether oxygens (including phenoxy) is 6. The Morgan fingerprint density at radius 1 is 0.230 bits per heavy atom. The molecule has 6 aromatic rings. The Morgan fingerprint density at radius 3 is 0.680 bits per heavy atom. The van der Waals surface area contributed by atoms with Crippen LogP contribution in [0.3, 0.4) is 0 Å². The van der Waals surface area contributed by atoms with Crippen LogP contribution in [0.5, 0.6) is 34.5 Å². The molecule has 6 rings (SSSR count). The van der Waals surface area contributed by atoms with Crippen LogP contribution in [-0.4, -0.2) is 86.9 Å². The summed E-state index contributed by atoms with van der Waals surface area (Å²) in [6.07, 6.45) is 25.1. The van der Waals surface area contributed by atoms with Crippen LogP contribution in [0.25, 0.3) is 0 Å². The summed E-state index contributed by atoms with van der Waals surface area (Å²) in [5.74, 6) is -4.22. The summed E-state index contributed by atoms with van der Waals surface area (Å²) in [5.41, 5.74) is 20.0. The molecule has 8 amide bonds. The largest absolute Gasteiger partial charge is 0.494 e. The topological polar surface area (TPSA) is 288 Å². The lowest BCUT2D eigenvalue weighted by Gasteiger charge is -2.15. The summed E-state index contributed by atoms with van der Waals surface area (Å²) in [4.78, 5) is 109. The maximum Gasteiger partial charge on any atom is 0.273 e. The predicted molar refractivity (Wildman–Crippen MR) is 385 cm³/mol. The van der Waals surface area contributed by atoms with Gasteiger partial charge in [-0.2, -0.15) is 0 Å². The van der Waals surface area contributed by atoms with Crippen LogP contribution < -0.4 is 71.8 Å². The van der Waals surface area contributed by atoms with Crippen LogP contribution >= 0.6 is 0 Å². The van der Waals surface area contributed by atoms with Gasteiger partial charge in [-0.05, 0) is 111 Å². The smallest absolute Gasteiger partial charge is 0.273 e. The normalized spacial score (nSPS) is 10.7.